The minimum Gasteiger partial charge on any atom is -0.326 e. The number of anilines is 1. The van der Waals surface area contributed by atoms with Crippen molar-refractivity contribution in [2.45, 2.75) is 12.8 Å². The Bertz CT molecular complexity index is 979. The molecule has 2 amide bonds. The van der Waals surface area contributed by atoms with Gasteiger partial charge in [0.2, 0.25) is 11.8 Å². The predicted octanol–water partition coefficient (Wildman–Crippen LogP) is 3.85. The molecule has 136 valence electrons. The molecule has 0 saturated carbocycles. The predicted molar refractivity (Wildman–Crippen MR) is 104 cm³/mol. The summed E-state index contributed by atoms with van der Waals surface area (Å²) in [5.41, 5.74) is 3.80. The quantitative estimate of drug-likeness (QED) is 0.516. The Labute approximate surface area is 155 Å². The van der Waals surface area contributed by atoms with Crippen molar-refractivity contribution in [2.24, 2.45) is 5.10 Å². The third kappa shape index (κ3) is 5.22. The Hall–Kier alpha value is -3.54. The zero-order chi connectivity index (χ0) is 19.1. The van der Waals surface area contributed by atoms with Crippen LogP contribution in [0.3, 0.4) is 0 Å². The average molecular weight is 363 g/mol. The van der Waals surface area contributed by atoms with Gasteiger partial charge in [0.15, 0.2) is 0 Å². The highest BCUT2D eigenvalue weighted by Crippen LogP contribution is 2.16. The van der Waals surface area contributed by atoms with Crippen LogP contribution in [0.2, 0.25) is 0 Å². The number of carbonyl (C=O) groups is 2. The van der Waals surface area contributed by atoms with Crippen molar-refractivity contribution in [1.29, 1.82) is 0 Å². The van der Waals surface area contributed by atoms with E-state index in [0.29, 0.717) is 5.69 Å². The highest BCUT2D eigenvalue weighted by atomic mass is 19.1. The van der Waals surface area contributed by atoms with Gasteiger partial charge < -0.3 is 5.32 Å². The summed E-state index contributed by atoms with van der Waals surface area (Å²) in [4.78, 5) is 23.7. The molecule has 0 bridgehead atoms. The lowest BCUT2D eigenvalue weighted by Gasteiger charge is -2.05. The number of hydrogen-bond acceptors (Lipinski definition) is 3. The molecule has 27 heavy (non-hydrogen) atoms. The van der Waals surface area contributed by atoms with Gasteiger partial charge in [0.05, 0.1) is 6.21 Å². The fourth-order valence-electron chi connectivity index (χ4n) is 2.58. The van der Waals surface area contributed by atoms with E-state index in [-0.39, 0.29) is 30.5 Å². The Morgan fingerprint density at radius 2 is 1.59 bits per heavy atom. The fraction of sp³-hybridized carbons (Fsp3) is 0.0952. The lowest BCUT2D eigenvalue weighted by atomic mass is 10.1. The maximum absolute atomic E-state index is 12.8. The third-order valence-corrected chi connectivity index (χ3v) is 3.92. The summed E-state index contributed by atoms with van der Waals surface area (Å²) in [7, 11) is 0. The molecule has 3 aromatic rings. The molecule has 0 spiro atoms. The molecule has 0 unspecified atom stereocenters. The van der Waals surface area contributed by atoms with Gasteiger partial charge in [-0.25, -0.2) is 9.82 Å². The molecule has 5 nitrogen and oxygen atoms in total. The van der Waals surface area contributed by atoms with E-state index in [9.17, 15) is 14.0 Å². The summed E-state index contributed by atoms with van der Waals surface area (Å²) in [6.45, 7) is 0. The third-order valence-electron chi connectivity index (χ3n) is 3.92. The number of halogens is 1. The number of amides is 2. The number of rotatable bonds is 6. The van der Waals surface area contributed by atoms with Crippen molar-refractivity contribution in [3.05, 3.63) is 78.1 Å². The molecule has 0 radical (unpaired) electrons. The average Bonchev–Trinajstić information content (AvgIpc) is 2.68. The Morgan fingerprint density at radius 1 is 0.889 bits per heavy atom. The summed E-state index contributed by atoms with van der Waals surface area (Å²) in [6, 6.07) is 19.2. The van der Waals surface area contributed by atoms with Crippen LogP contribution < -0.4 is 10.7 Å². The molecule has 0 aliphatic heterocycles. The first-order chi connectivity index (χ1) is 13.1. The van der Waals surface area contributed by atoms with E-state index in [4.69, 9.17) is 0 Å². The minimum absolute atomic E-state index is 0.0000939. The number of hydrazone groups is 1. The van der Waals surface area contributed by atoms with Gasteiger partial charge in [-0.2, -0.15) is 5.10 Å². The molecule has 0 aliphatic rings. The van der Waals surface area contributed by atoms with Crippen LogP contribution >= 0.6 is 0 Å². The van der Waals surface area contributed by atoms with Crippen LogP contribution in [0.4, 0.5) is 10.1 Å². The zero-order valence-electron chi connectivity index (χ0n) is 14.5. The summed E-state index contributed by atoms with van der Waals surface area (Å²) < 4.78 is 12.8. The smallest absolute Gasteiger partial charge is 0.240 e. The van der Waals surface area contributed by atoms with Gasteiger partial charge >= 0.3 is 0 Å². The first-order valence-corrected chi connectivity index (χ1v) is 8.47. The number of fused-ring (bicyclic) bond motifs is 1. The van der Waals surface area contributed by atoms with Crippen LogP contribution in [0, 0.1) is 5.82 Å². The van der Waals surface area contributed by atoms with Crippen molar-refractivity contribution >= 4 is 34.5 Å². The van der Waals surface area contributed by atoms with Gasteiger partial charge in [-0.3, -0.25) is 9.59 Å². The maximum Gasteiger partial charge on any atom is 0.240 e. The summed E-state index contributed by atoms with van der Waals surface area (Å²) >= 11 is 0. The second-order valence-corrected chi connectivity index (χ2v) is 5.92. The molecule has 0 heterocycles. The van der Waals surface area contributed by atoms with E-state index < -0.39 is 0 Å². The molecule has 0 atom stereocenters. The number of nitrogens with one attached hydrogen (secondary N) is 2. The summed E-state index contributed by atoms with van der Waals surface area (Å²) in [6.07, 6.45) is 1.59. The van der Waals surface area contributed by atoms with Gasteiger partial charge in [0, 0.05) is 24.1 Å². The van der Waals surface area contributed by atoms with Crippen LogP contribution in [-0.2, 0) is 9.59 Å². The van der Waals surface area contributed by atoms with Crippen LogP contribution in [0.15, 0.2) is 71.8 Å². The number of carbonyl (C=O) groups excluding carboxylic acids is 2. The zero-order valence-corrected chi connectivity index (χ0v) is 14.5. The van der Waals surface area contributed by atoms with Gasteiger partial charge in [-0.05, 0) is 35.0 Å². The SMILES string of the molecule is O=C(CCC(=O)Nc1ccc(F)cc1)N/N=C/c1cccc2ccccc12. The molecular weight excluding hydrogens is 345 g/mol. The summed E-state index contributed by atoms with van der Waals surface area (Å²) in [5.74, 6) is -1.06. The second kappa shape index (κ2) is 8.71. The normalized spacial score (nSPS) is 10.9. The highest BCUT2D eigenvalue weighted by molar-refractivity contribution is 6.00. The molecule has 3 aromatic carbocycles. The van der Waals surface area contributed by atoms with E-state index in [0.717, 1.165) is 16.3 Å². The van der Waals surface area contributed by atoms with Crippen molar-refractivity contribution in [3.63, 3.8) is 0 Å². The minimum atomic E-state index is -0.378. The monoisotopic (exact) mass is 363 g/mol. The van der Waals surface area contributed by atoms with Gasteiger partial charge in [0.25, 0.3) is 0 Å². The molecule has 0 fully saturated rings. The molecule has 0 aromatic heterocycles. The molecular formula is C21H18FN3O2. The highest BCUT2D eigenvalue weighted by Gasteiger charge is 2.07. The largest absolute Gasteiger partial charge is 0.326 e. The van der Waals surface area contributed by atoms with Gasteiger partial charge in [0.1, 0.15) is 5.82 Å². The molecule has 3 rings (SSSR count). The summed E-state index contributed by atoms with van der Waals surface area (Å²) in [5, 5.41) is 8.69. The molecule has 2 N–H and O–H groups in total. The van der Waals surface area contributed by atoms with Crippen molar-refractivity contribution in [1.82, 2.24) is 5.43 Å². The molecule has 0 saturated heterocycles. The number of nitrogens with zero attached hydrogens (tertiary/aromatic N) is 1. The Balaban J connectivity index is 1.48. The molecule has 6 heteroatoms. The number of hydrogen-bond donors (Lipinski definition) is 2. The maximum atomic E-state index is 12.8. The van der Waals surface area contributed by atoms with Crippen LogP contribution in [0.25, 0.3) is 10.8 Å². The van der Waals surface area contributed by atoms with E-state index in [1.807, 2.05) is 42.5 Å². The molecule has 0 aliphatic carbocycles. The van der Waals surface area contributed by atoms with Crippen LogP contribution in [-0.4, -0.2) is 18.0 Å². The first-order valence-electron chi connectivity index (χ1n) is 8.47. The topological polar surface area (TPSA) is 70.6 Å². The van der Waals surface area contributed by atoms with E-state index in [1.165, 1.54) is 24.3 Å². The van der Waals surface area contributed by atoms with Crippen molar-refractivity contribution in [3.8, 4) is 0 Å². The second-order valence-electron chi connectivity index (χ2n) is 5.92. The standard InChI is InChI=1S/C21H18FN3O2/c22-17-8-10-18(11-9-17)24-20(26)12-13-21(27)25-23-14-16-6-3-5-15-4-1-2-7-19(15)16/h1-11,14H,12-13H2,(H,24,26)(H,25,27)/b23-14+. The van der Waals surface area contributed by atoms with Gasteiger partial charge in [-0.15, -0.1) is 0 Å². The lowest BCUT2D eigenvalue weighted by Crippen LogP contribution is -2.20. The van der Waals surface area contributed by atoms with Crippen LogP contribution in [0.5, 0.6) is 0 Å². The Kier molecular flexibility index (Phi) is 5.89. The lowest BCUT2D eigenvalue weighted by molar-refractivity contribution is -0.124. The fourth-order valence-corrected chi connectivity index (χ4v) is 2.58. The van der Waals surface area contributed by atoms with Crippen molar-refractivity contribution in [2.75, 3.05) is 5.32 Å². The van der Waals surface area contributed by atoms with Crippen LogP contribution in [0.1, 0.15) is 18.4 Å². The Morgan fingerprint density at radius 3 is 2.41 bits per heavy atom. The van der Waals surface area contributed by atoms with E-state index in [1.54, 1.807) is 6.21 Å². The first kappa shape index (κ1) is 18.3. The van der Waals surface area contributed by atoms with Gasteiger partial charge in [-0.1, -0.05) is 42.5 Å². The van der Waals surface area contributed by atoms with E-state index in [2.05, 4.69) is 15.8 Å². The number of benzene rings is 3. The van der Waals surface area contributed by atoms with E-state index >= 15 is 0 Å². The van der Waals surface area contributed by atoms with Crippen molar-refractivity contribution < 1.29 is 14.0 Å².